The molecule has 1 aromatic heterocycles. The largest absolute Gasteiger partial charge is 0.324 e. The molecule has 1 saturated carbocycles. The minimum absolute atomic E-state index is 0.0153. The first-order valence-corrected chi connectivity index (χ1v) is 7.98. The number of nitrogens with two attached hydrogens (primary N) is 1. The third kappa shape index (κ3) is 3.78. The molecule has 1 aromatic rings. The highest BCUT2D eigenvalue weighted by Crippen LogP contribution is 2.30. The lowest BCUT2D eigenvalue weighted by Gasteiger charge is -2.37. The smallest absolute Gasteiger partial charge is 0.0327 e. The van der Waals surface area contributed by atoms with Crippen LogP contribution in [0, 0.1) is 5.92 Å². The van der Waals surface area contributed by atoms with E-state index in [-0.39, 0.29) is 5.54 Å². The van der Waals surface area contributed by atoms with Crippen LogP contribution in [0.5, 0.6) is 0 Å². The summed E-state index contributed by atoms with van der Waals surface area (Å²) in [5.41, 5.74) is 6.47. The van der Waals surface area contributed by atoms with E-state index >= 15 is 0 Å². The summed E-state index contributed by atoms with van der Waals surface area (Å²) in [6.07, 6.45) is 4.94. The van der Waals surface area contributed by atoms with E-state index in [1.54, 1.807) is 11.3 Å². The van der Waals surface area contributed by atoms with Crippen molar-refractivity contribution in [1.82, 2.24) is 5.32 Å². The Morgan fingerprint density at radius 1 is 1.65 bits per heavy atom. The Balaban J connectivity index is 1.79. The summed E-state index contributed by atoms with van der Waals surface area (Å²) in [7, 11) is 0. The molecule has 2 atom stereocenters. The van der Waals surface area contributed by atoms with Crippen molar-refractivity contribution in [3.05, 3.63) is 20.8 Å². The Bertz CT molecular complexity index is 366. The molecule has 3 N–H and O–H groups in total. The number of hydrogen-bond donors (Lipinski definition) is 2. The van der Waals surface area contributed by atoms with Crippen LogP contribution in [0.25, 0.3) is 0 Å². The predicted molar refractivity (Wildman–Crippen MR) is 78.3 cm³/mol. The highest BCUT2D eigenvalue weighted by Gasteiger charge is 2.30. The van der Waals surface area contributed by atoms with Crippen molar-refractivity contribution in [2.75, 3.05) is 6.54 Å². The van der Waals surface area contributed by atoms with Gasteiger partial charge in [0.05, 0.1) is 0 Å². The maximum absolute atomic E-state index is 6.46. The summed E-state index contributed by atoms with van der Waals surface area (Å²) in [6, 6.07) is 2.10. The summed E-state index contributed by atoms with van der Waals surface area (Å²) in [5, 5.41) is 5.63. The lowest BCUT2D eigenvalue weighted by Crippen LogP contribution is -2.51. The summed E-state index contributed by atoms with van der Waals surface area (Å²) in [6.45, 7) is 4.17. The molecule has 17 heavy (non-hydrogen) atoms. The molecule has 0 aromatic carbocycles. The molecule has 0 saturated heterocycles. The fourth-order valence-electron chi connectivity index (χ4n) is 2.74. The van der Waals surface area contributed by atoms with Crippen molar-refractivity contribution >= 4 is 27.3 Å². The Morgan fingerprint density at radius 2 is 2.47 bits per heavy atom. The Kier molecular flexibility index (Phi) is 4.64. The zero-order chi connectivity index (χ0) is 12.3. The second-order valence-electron chi connectivity index (χ2n) is 5.36. The molecule has 1 aliphatic carbocycles. The van der Waals surface area contributed by atoms with Gasteiger partial charge in [0.15, 0.2) is 0 Å². The Hall–Kier alpha value is 0.100. The van der Waals surface area contributed by atoms with Crippen LogP contribution >= 0.6 is 27.3 Å². The Morgan fingerprint density at radius 3 is 3.12 bits per heavy atom. The van der Waals surface area contributed by atoms with Crippen LogP contribution in [0.2, 0.25) is 0 Å². The van der Waals surface area contributed by atoms with Crippen LogP contribution in [-0.4, -0.2) is 12.1 Å². The first-order valence-electron chi connectivity index (χ1n) is 6.30. The molecule has 0 bridgehead atoms. The van der Waals surface area contributed by atoms with Crippen molar-refractivity contribution in [3.63, 3.8) is 0 Å². The second-order valence-corrected chi connectivity index (χ2v) is 7.21. The van der Waals surface area contributed by atoms with Gasteiger partial charge in [-0.2, -0.15) is 0 Å². The van der Waals surface area contributed by atoms with E-state index < -0.39 is 0 Å². The molecule has 2 unspecified atom stereocenters. The fourth-order valence-corrected chi connectivity index (χ4v) is 4.20. The zero-order valence-corrected chi connectivity index (χ0v) is 12.7. The monoisotopic (exact) mass is 316 g/mol. The van der Waals surface area contributed by atoms with Crippen molar-refractivity contribution in [2.24, 2.45) is 11.7 Å². The minimum atomic E-state index is 0.0153. The van der Waals surface area contributed by atoms with Crippen LogP contribution < -0.4 is 11.1 Å². The predicted octanol–water partition coefficient (Wildman–Crippen LogP) is 3.51. The van der Waals surface area contributed by atoms with Crippen LogP contribution in [0.15, 0.2) is 15.9 Å². The Labute approximate surface area is 116 Å². The maximum Gasteiger partial charge on any atom is 0.0327 e. The first kappa shape index (κ1) is 13.5. The zero-order valence-electron chi connectivity index (χ0n) is 10.3. The van der Waals surface area contributed by atoms with E-state index in [0.717, 1.165) is 31.8 Å². The molecule has 0 radical (unpaired) electrons. The van der Waals surface area contributed by atoms with Crippen LogP contribution in [0.3, 0.4) is 0 Å². The van der Waals surface area contributed by atoms with Gasteiger partial charge in [-0.05, 0) is 46.1 Å². The number of nitrogens with one attached hydrogen (secondary N) is 1. The molecular weight excluding hydrogens is 296 g/mol. The summed E-state index contributed by atoms with van der Waals surface area (Å²) in [4.78, 5) is 1.36. The lowest BCUT2D eigenvalue weighted by atomic mass is 9.77. The third-order valence-corrected chi connectivity index (χ3v) is 5.51. The molecule has 4 heteroatoms. The van der Waals surface area contributed by atoms with Gasteiger partial charge >= 0.3 is 0 Å². The van der Waals surface area contributed by atoms with E-state index in [9.17, 15) is 0 Å². The summed E-state index contributed by atoms with van der Waals surface area (Å²) >= 11 is 5.34. The van der Waals surface area contributed by atoms with Gasteiger partial charge in [0, 0.05) is 28.0 Å². The minimum Gasteiger partial charge on any atom is -0.324 e. The van der Waals surface area contributed by atoms with Gasteiger partial charge in [0.2, 0.25) is 0 Å². The van der Waals surface area contributed by atoms with E-state index in [2.05, 4.69) is 39.6 Å². The standard InChI is InChI=1S/C13H21BrN2S/c1-10-3-2-5-13(15,7-10)9-16-8-12-11(14)4-6-17-12/h4,6,10,16H,2-3,5,7-9,15H2,1H3. The maximum atomic E-state index is 6.46. The molecule has 0 aliphatic heterocycles. The number of rotatable bonds is 4. The first-order chi connectivity index (χ1) is 8.09. The average molecular weight is 317 g/mol. The van der Waals surface area contributed by atoms with E-state index in [1.165, 1.54) is 22.2 Å². The molecule has 96 valence electrons. The van der Waals surface area contributed by atoms with Gasteiger partial charge < -0.3 is 11.1 Å². The number of halogens is 1. The molecule has 0 amide bonds. The summed E-state index contributed by atoms with van der Waals surface area (Å²) < 4.78 is 1.21. The van der Waals surface area contributed by atoms with Crippen molar-refractivity contribution in [1.29, 1.82) is 0 Å². The van der Waals surface area contributed by atoms with Crippen molar-refractivity contribution in [3.8, 4) is 0 Å². The second kappa shape index (κ2) is 5.83. The fraction of sp³-hybridized carbons (Fsp3) is 0.692. The van der Waals surface area contributed by atoms with Crippen LogP contribution in [-0.2, 0) is 6.54 Å². The van der Waals surface area contributed by atoms with Gasteiger partial charge in [0.25, 0.3) is 0 Å². The summed E-state index contributed by atoms with van der Waals surface area (Å²) in [5.74, 6) is 0.782. The van der Waals surface area contributed by atoms with E-state index in [1.807, 2.05) is 0 Å². The van der Waals surface area contributed by atoms with Gasteiger partial charge in [-0.15, -0.1) is 11.3 Å². The molecule has 1 fully saturated rings. The normalized spacial score (nSPS) is 29.5. The number of thiophene rings is 1. The molecule has 2 nitrogen and oxygen atoms in total. The van der Waals surface area contributed by atoms with Gasteiger partial charge in [-0.1, -0.05) is 19.8 Å². The van der Waals surface area contributed by atoms with E-state index in [4.69, 9.17) is 5.73 Å². The van der Waals surface area contributed by atoms with Gasteiger partial charge in [-0.3, -0.25) is 0 Å². The SMILES string of the molecule is CC1CCCC(N)(CNCc2sccc2Br)C1. The average Bonchev–Trinajstić information content (AvgIpc) is 2.64. The topological polar surface area (TPSA) is 38.0 Å². The highest BCUT2D eigenvalue weighted by molar-refractivity contribution is 9.10. The molecule has 1 heterocycles. The van der Waals surface area contributed by atoms with Gasteiger partial charge in [0.1, 0.15) is 0 Å². The molecule has 0 spiro atoms. The van der Waals surface area contributed by atoms with Crippen molar-refractivity contribution < 1.29 is 0 Å². The molecule has 1 aliphatic rings. The quantitative estimate of drug-likeness (QED) is 0.892. The van der Waals surface area contributed by atoms with Crippen LogP contribution in [0.1, 0.15) is 37.5 Å². The van der Waals surface area contributed by atoms with Crippen LogP contribution in [0.4, 0.5) is 0 Å². The number of hydrogen-bond acceptors (Lipinski definition) is 3. The van der Waals surface area contributed by atoms with Gasteiger partial charge in [-0.25, -0.2) is 0 Å². The molecular formula is C13H21BrN2S. The third-order valence-electron chi connectivity index (χ3n) is 3.58. The lowest BCUT2D eigenvalue weighted by molar-refractivity contribution is 0.229. The van der Waals surface area contributed by atoms with E-state index in [0.29, 0.717) is 0 Å². The highest BCUT2D eigenvalue weighted by atomic mass is 79.9. The van der Waals surface area contributed by atoms with Crippen molar-refractivity contribution in [2.45, 2.75) is 44.7 Å². The molecule has 2 rings (SSSR count).